The number of fused-ring (bicyclic) bond motifs is 1. The molecule has 0 aliphatic carbocycles. The second kappa shape index (κ2) is 8.01. The third-order valence-corrected chi connectivity index (χ3v) is 5.31. The number of anilines is 1. The lowest BCUT2D eigenvalue weighted by atomic mass is 10.0. The number of aryl methyl sites for hydroxylation is 1. The summed E-state index contributed by atoms with van der Waals surface area (Å²) >= 11 is 0. The van der Waals surface area contributed by atoms with E-state index in [-0.39, 0.29) is 11.9 Å². The van der Waals surface area contributed by atoms with Crippen molar-refractivity contribution in [2.75, 3.05) is 31.6 Å². The van der Waals surface area contributed by atoms with Gasteiger partial charge in [-0.3, -0.25) is 9.69 Å². The van der Waals surface area contributed by atoms with E-state index in [0.717, 1.165) is 43.0 Å². The Labute approximate surface area is 160 Å². The lowest BCUT2D eigenvalue weighted by Crippen LogP contribution is -2.33. The molecule has 27 heavy (non-hydrogen) atoms. The lowest BCUT2D eigenvalue weighted by molar-refractivity contribution is -0.117. The van der Waals surface area contributed by atoms with E-state index in [1.165, 1.54) is 11.1 Å². The van der Waals surface area contributed by atoms with Crippen molar-refractivity contribution in [2.45, 2.75) is 32.2 Å². The Morgan fingerprint density at radius 3 is 2.67 bits per heavy atom. The van der Waals surface area contributed by atoms with Crippen molar-refractivity contribution in [3.05, 3.63) is 53.6 Å². The number of benzene rings is 2. The fourth-order valence-electron chi connectivity index (χ4n) is 3.87. The van der Waals surface area contributed by atoms with Crippen molar-refractivity contribution < 1.29 is 14.3 Å². The molecule has 2 heterocycles. The molecule has 5 nitrogen and oxygen atoms in total. The minimum absolute atomic E-state index is 0.0312. The summed E-state index contributed by atoms with van der Waals surface area (Å²) in [4.78, 5) is 14.8. The van der Waals surface area contributed by atoms with Crippen LogP contribution in [0.1, 0.15) is 36.9 Å². The molecule has 0 bridgehead atoms. The molecule has 4 rings (SSSR count). The molecule has 1 unspecified atom stereocenters. The quantitative estimate of drug-likeness (QED) is 0.875. The van der Waals surface area contributed by atoms with Gasteiger partial charge in [0.15, 0.2) is 11.5 Å². The van der Waals surface area contributed by atoms with Gasteiger partial charge < -0.3 is 14.8 Å². The Balaban J connectivity index is 1.41. The van der Waals surface area contributed by atoms with E-state index in [2.05, 4.69) is 41.4 Å². The van der Waals surface area contributed by atoms with Crippen molar-refractivity contribution >= 4 is 11.6 Å². The van der Waals surface area contributed by atoms with Crippen LogP contribution in [-0.4, -0.2) is 37.1 Å². The molecular weight excluding hydrogens is 340 g/mol. The summed E-state index contributed by atoms with van der Waals surface area (Å²) in [6.45, 7) is 4.64. The Kier molecular flexibility index (Phi) is 5.30. The molecule has 2 aliphatic rings. The number of hydrogen-bond acceptors (Lipinski definition) is 4. The first-order chi connectivity index (χ1) is 13.2. The molecule has 0 saturated carbocycles. The van der Waals surface area contributed by atoms with Gasteiger partial charge in [-0.2, -0.15) is 0 Å². The second-order valence-corrected chi connectivity index (χ2v) is 7.13. The highest BCUT2D eigenvalue weighted by Crippen LogP contribution is 2.37. The highest BCUT2D eigenvalue weighted by atomic mass is 16.6. The summed E-state index contributed by atoms with van der Waals surface area (Å²) in [5.41, 5.74) is 3.32. The summed E-state index contributed by atoms with van der Waals surface area (Å²) in [7, 11) is 0. The predicted octanol–water partition coefficient (Wildman–Crippen LogP) is 3.80. The Morgan fingerprint density at radius 1 is 1.11 bits per heavy atom. The van der Waals surface area contributed by atoms with Gasteiger partial charge in [-0.25, -0.2) is 0 Å². The van der Waals surface area contributed by atoms with Crippen LogP contribution in [0.4, 0.5) is 5.69 Å². The van der Waals surface area contributed by atoms with Gasteiger partial charge in [-0.05, 0) is 61.2 Å². The summed E-state index contributed by atoms with van der Waals surface area (Å²) < 4.78 is 11.3. The maximum Gasteiger partial charge on any atom is 0.238 e. The first-order valence-corrected chi connectivity index (χ1v) is 9.75. The zero-order valence-electron chi connectivity index (χ0n) is 15.7. The van der Waals surface area contributed by atoms with E-state index in [1.54, 1.807) is 0 Å². The van der Waals surface area contributed by atoms with E-state index in [9.17, 15) is 4.79 Å². The highest BCUT2D eigenvalue weighted by molar-refractivity contribution is 5.92. The molecule has 2 aliphatic heterocycles. The van der Waals surface area contributed by atoms with Gasteiger partial charge in [0.1, 0.15) is 13.2 Å². The van der Waals surface area contributed by atoms with Crippen molar-refractivity contribution in [3.63, 3.8) is 0 Å². The minimum atomic E-state index is 0.0312. The molecule has 0 radical (unpaired) electrons. The molecule has 1 amide bonds. The highest BCUT2D eigenvalue weighted by Gasteiger charge is 2.28. The molecule has 1 N–H and O–H groups in total. The van der Waals surface area contributed by atoms with Crippen LogP contribution in [0.2, 0.25) is 0 Å². The molecule has 2 aromatic carbocycles. The molecule has 5 heteroatoms. The average Bonchev–Trinajstić information content (AvgIpc) is 3.16. The smallest absolute Gasteiger partial charge is 0.238 e. The maximum atomic E-state index is 12.5. The Morgan fingerprint density at radius 2 is 1.89 bits per heavy atom. The van der Waals surface area contributed by atoms with Gasteiger partial charge in [0.2, 0.25) is 5.91 Å². The number of carbonyl (C=O) groups excluding carboxylic acids is 1. The van der Waals surface area contributed by atoms with Crippen LogP contribution in [0.25, 0.3) is 0 Å². The van der Waals surface area contributed by atoms with Crippen LogP contribution < -0.4 is 14.8 Å². The Bertz CT molecular complexity index is 804. The van der Waals surface area contributed by atoms with Gasteiger partial charge in [-0.15, -0.1) is 0 Å². The largest absolute Gasteiger partial charge is 0.486 e. The summed E-state index contributed by atoms with van der Waals surface area (Å²) in [5.74, 6) is 1.65. The summed E-state index contributed by atoms with van der Waals surface area (Å²) in [5, 5.41) is 3.02. The molecule has 2 aromatic rings. The van der Waals surface area contributed by atoms with E-state index < -0.39 is 0 Å². The minimum Gasteiger partial charge on any atom is -0.486 e. The predicted molar refractivity (Wildman–Crippen MR) is 105 cm³/mol. The average molecular weight is 366 g/mol. The number of carbonyl (C=O) groups is 1. The van der Waals surface area contributed by atoms with E-state index in [4.69, 9.17) is 9.47 Å². The van der Waals surface area contributed by atoms with Crippen LogP contribution in [-0.2, 0) is 11.2 Å². The number of likely N-dealkylation sites (tertiary alicyclic amines) is 1. The fourth-order valence-corrected chi connectivity index (χ4v) is 3.87. The SMILES string of the molecule is CCc1ccc(NC(=O)CN2CCCC2c2ccc3c(c2)OCCO3)cc1. The maximum absolute atomic E-state index is 12.5. The number of rotatable bonds is 5. The van der Waals surface area contributed by atoms with Gasteiger partial charge >= 0.3 is 0 Å². The van der Waals surface area contributed by atoms with E-state index >= 15 is 0 Å². The van der Waals surface area contributed by atoms with E-state index in [1.807, 2.05) is 18.2 Å². The van der Waals surface area contributed by atoms with E-state index in [0.29, 0.717) is 19.8 Å². The first-order valence-electron chi connectivity index (χ1n) is 9.75. The second-order valence-electron chi connectivity index (χ2n) is 7.13. The third kappa shape index (κ3) is 4.08. The first kappa shape index (κ1) is 17.9. The van der Waals surface area contributed by atoms with Gasteiger partial charge in [0.25, 0.3) is 0 Å². The molecule has 142 valence electrons. The van der Waals surface area contributed by atoms with Crippen LogP contribution in [0.5, 0.6) is 11.5 Å². The third-order valence-electron chi connectivity index (χ3n) is 5.31. The van der Waals surface area contributed by atoms with Crippen molar-refractivity contribution in [1.29, 1.82) is 0 Å². The zero-order chi connectivity index (χ0) is 18.6. The number of nitrogens with zero attached hydrogens (tertiary/aromatic N) is 1. The van der Waals surface area contributed by atoms with Crippen molar-refractivity contribution in [3.8, 4) is 11.5 Å². The lowest BCUT2D eigenvalue weighted by Gasteiger charge is -2.26. The van der Waals surface area contributed by atoms with Crippen LogP contribution in [0.15, 0.2) is 42.5 Å². The number of amides is 1. The normalized spacial score (nSPS) is 19.1. The van der Waals surface area contributed by atoms with Crippen LogP contribution in [0, 0.1) is 0 Å². The molecule has 1 atom stereocenters. The Hall–Kier alpha value is -2.53. The molecule has 1 saturated heterocycles. The van der Waals surface area contributed by atoms with Gasteiger partial charge in [0.05, 0.1) is 6.54 Å². The molecule has 0 aromatic heterocycles. The fraction of sp³-hybridized carbons (Fsp3) is 0.409. The number of hydrogen-bond donors (Lipinski definition) is 1. The van der Waals surface area contributed by atoms with Gasteiger partial charge in [-0.1, -0.05) is 25.1 Å². The van der Waals surface area contributed by atoms with Crippen molar-refractivity contribution in [2.24, 2.45) is 0 Å². The standard InChI is InChI=1S/C22H26N2O3/c1-2-16-5-8-18(9-6-16)23-22(25)15-24-11-3-4-19(24)17-7-10-20-21(14-17)27-13-12-26-20/h5-10,14,19H,2-4,11-13,15H2,1H3,(H,23,25). The topological polar surface area (TPSA) is 50.8 Å². The number of ether oxygens (including phenoxy) is 2. The van der Waals surface area contributed by atoms with Crippen LogP contribution >= 0.6 is 0 Å². The monoisotopic (exact) mass is 366 g/mol. The molecule has 0 spiro atoms. The summed E-state index contributed by atoms with van der Waals surface area (Å²) in [6, 6.07) is 14.5. The van der Waals surface area contributed by atoms with Crippen LogP contribution in [0.3, 0.4) is 0 Å². The van der Waals surface area contributed by atoms with Gasteiger partial charge in [0, 0.05) is 11.7 Å². The zero-order valence-corrected chi connectivity index (χ0v) is 15.7. The molecule has 1 fully saturated rings. The summed E-state index contributed by atoms with van der Waals surface area (Å²) in [6.07, 6.45) is 3.15. The molecular formula is C22H26N2O3. The van der Waals surface area contributed by atoms with Crippen molar-refractivity contribution in [1.82, 2.24) is 4.90 Å². The number of nitrogens with one attached hydrogen (secondary N) is 1.